The zero-order valence-corrected chi connectivity index (χ0v) is 15.0. The van der Waals surface area contributed by atoms with Crippen molar-refractivity contribution in [3.05, 3.63) is 23.8 Å². The summed E-state index contributed by atoms with van der Waals surface area (Å²) < 4.78 is 4.75. The molecule has 1 saturated heterocycles. The zero-order chi connectivity index (χ0) is 18.5. The molecule has 2 fully saturated rings. The molecule has 7 nitrogen and oxygen atoms in total. The Morgan fingerprint density at radius 3 is 2.46 bits per heavy atom. The normalized spacial score (nSPS) is 16.7. The number of hydrogen-bond donors (Lipinski definition) is 2. The molecule has 7 heteroatoms. The lowest BCUT2D eigenvalue weighted by Crippen LogP contribution is -2.39. The molecule has 0 aromatic heterocycles. The lowest BCUT2D eigenvalue weighted by Gasteiger charge is -2.25. The highest BCUT2D eigenvalue weighted by molar-refractivity contribution is 6.40. The molecular formula is C19H25N3O4. The van der Waals surface area contributed by atoms with Crippen LogP contribution in [-0.4, -0.2) is 44.5 Å². The number of benzene rings is 1. The minimum Gasteiger partial charge on any atom is -0.465 e. The fraction of sp³-hybridized carbons (Fsp3) is 0.526. The number of methoxy groups -OCH3 is 1. The molecule has 1 heterocycles. The van der Waals surface area contributed by atoms with Gasteiger partial charge in [-0.2, -0.15) is 0 Å². The van der Waals surface area contributed by atoms with Crippen molar-refractivity contribution in [1.82, 2.24) is 5.32 Å². The van der Waals surface area contributed by atoms with Crippen molar-refractivity contribution < 1.29 is 19.1 Å². The van der Waals surface area contributed by atoms with Crippen molar-refractivity contribution >= 4 is 29.2 Å². The van der Waals surface area contributed by atoms with Gasteiger partial charge < -0.3 is 20.3 Å². The molecule has 2 aliphatic rings. The summed E-state index contributed by atoms with van der Waals surface area (Å²) in [7, 11) is 1.31. The van der Waals surface area contributed by atoms with Gasteiger partial charge in [0.2, 0.25) is 0 Å². The van der Waals surface area contributed by atoms with Gasteiger partial charge in [-0.25, -0.2) is 4.79 Å². The molecule has 26 heavy (non-hydrogen) atoms. The van der Waals surface area contributed by atoms with Crippen LogP contribution in [0, 0.1) is 5.92 Å². The molecule has 1 aromatic rings. The van der Waals surface area contributed by atoms with E-state index in [0.717, 1.165) is 44.5 Å². The fourth-order valence-electron chi connectivity index (χ4n) is 3.31. The van der Waals surface area contributed by atoms with Crippen LogP contribution >= 0.6 is 0 Å². The molecule has 0 atom stereocenters. The zero-order valence-electron chi connectivity index (χ0n) is 15.0. The van der Waals surface area contributed by atoms with Crippen LogP contribution in [0.25, 0.3) is 0 Å². The van der Waals surface area contributed by atoms with Crippen molar-refractivity contribution in [3.8, 4) is 0 Å². The number of carbonyl (C=O) groups is 3. The Morgan fingerprint density at radius 2 is 1.85 bits per heavy atom. The Hall–Kier alpha value is -2.57. The molecule has 140 valence electrons. The van der Waals surface area contributed by atoms with E-state index in [0.29, 0.717) is 23.7 Å². The highest BCUT2D eigenvalue weighted by atomic mass is 16.5. The predicted octanol–water partition coefficient (Wildman–Crippen LogP) is 1.93. The SMILES string of the molecule is COC(=O)c1ccc(N2CCCC2)c(NC(=O)C(=O)NCC2CCC2)c1. The summed E-state index contributed by atoms with van der Waals surface area (Å²) >= 11 is 0. The lowest BCUT2D eigenvalue weighted by molar-refractivity contribution is -0.136. The summed E-state index contributed by atoms with van der Waals surface area (Å²) in [6, 6.07) is 5.03. The summed E-state index contributed by atoms with van der Waals surface area (Å²) in [4.78, 5) is 38.3. The molecule has 2 amide bonds. The van der Waals surface area contributed by atoms with Crippen LogP contribution in [0.3, 0.4) is 0 Å². The van der Waals surface area contributed by atoms with E-state index in [1.807, 2.05) is 0 Å². The fourth-order valence-corrected chi connectivity index (χ4v) is 3.31. The summed E-state index contributed by atoms with van der Waals surface area (Å²) in [5.41, 5.74) is 1.61. The first-order valence-corrected chi connectivity index (χ1v) is 9.15. The monoisotopic (exact) mass is 359 g/mol. The van der Waals surface area contributed by atoms with Crippen LogP contribution in [-0.2, 0) is 14.3 Å². The van der Waals surface area contributed by atoms with Crippen molar-refractivity contribution in [1.29, 1.82) is 0 Å². The molecule has 2 N–H and O–H groups in total. The van der Waals surface area contributed by atoms with Crippen molar-refractivity contribution in [2.45, 2.75) is 32.1 Å². The van der Waals surface area contributed by atoms with Gasteiger partial charge in [0.25, 0.3) is 0 Å². The predicted molar refractivity (Wildman–Crippen MR) is 98.2 cm³/mol. The lowest BCUT2D eigenvalue weighted by atomic mass is 9.85. The number of esters is 1. The van der Waals surface area contributed by atoms with Crippen LogP contribution in [0.15, 0.2) is 18.2 Å². The second-order valence-corrected chi connectivity index (χ2v) is 6.88. The van der Waals surface area contributed by atoms with E-state index in [9.17, 15) is 14.4 Å². The molecule has 0 radical (unpaired) electrons. The topological polar surface area (TPSA) is 87.7 Å². The first-order valence-electron chi connectivity index (χ1n) is 9.15. The Kier molecular flexibility index (Phi) is 5.75. The number of anilines is 2. The highest BCUT2D eigenvalue weighted by Gasteiger charge is 2.23. The Balaban J connectivity index is 1.73. The summed E-state index contributed by atoms with van der Waals surface area (Å²) in [6.07, 6.45) is 5.54. The van der Waals surface area contributed by atoms with E-state index in [1.165, 1.54) is 13.5 Å². The first kappa shape index (κ1) is 18.2. The second kappa shape index (κ2) is 8.21. The number of rotatable bonds is 5. The van der Waals surface area contributed by atoms with Gasteiger partial charge in [-0.05, 0) is 49.8 Å². The van der Waals surface area contributed by atoms with Gasteiger partial charge in [0, 0.05) is 19.6 Å². The van der Waals surface area contributed by atoms with Gasteiger partial charge in [0.1, 0.15) is 0 Å². The van der Waals surface area contributed by atoms with Gasteiger partial charge in [-0.15, -0.1) is 0 Å². The highest BCUT2D eigenvalue weighted by Crippen LogP contribution is 2.30. The molecule has 3 rings (SSSR count). The molecule has 1 aromatic carbocycles. The molecule has 1 saturated carbocycles. The van der Waals surface area contributed by atoms with Gasteiger partial charge in [0.15, 0.2) is 0 Å². The van der Waals surface area contributed by atoms with Gasteiger partial charge in [0.05, 0.1) is 24.0 Å². The number of carbonyl (C=O) groups excluding carboxylic acids is 3. The number of amides is 2. The van der Waals surface area contributed by atoms with E-state index < -0.39 is 17.8 Å². The summed E-state index contributed by atoms with van der Waals surface area (Å²) in [6.45, 7) is 2.30. The molecular weight excluding hydrogens is 334 g/mol. The number of ether oxygens (including phenoxy) is 1. The van der Waals surface area contributed by atoms with Crippen LogP contribution in [0.1, 0.15) is 42.5 Å². The van der Waals surface area contributed by atoms with E-state index in [2.05, 4.69) is 15.5 Å². The Bertz CT molecular complexity index is 694. The number of nitrogens with zero attached hydrogens (tertiary/aromatic N) is 1. The third kappa shape index (κ3) is 4.15. The third-order valence-corrected chi connectivity index (χ3v) is 5.09. The van der Waals surface area contributed by atoms with Crippen molar-refractivity contribution in [2.75, 3.05) is 37.0 Å². The first-order chi connectivity index (χ1) is 12.6. The van der Waals surface area contributed by atoms with Crippen LogP contribution in [0.2, 0.25) is 0 Å². The quantitative estimate of drug-likeness (QED) is 0.620. The number of nitrogens with one attached hydrogen (secondary N) is 2. The minimum absolute atomic E-state index is 0.334. The molecule has 0 spiro atoms. The molecule has 0 unspecified atom stereocenters. The van der Waals surface area contributed by atoms with Gasteiger partial charge in [-0.1, -0.05) is 6.42 Å². The van der Waals surface area contributed by atoms with Crippen molar-refractivity contribution in [2.24, 2.45) is 5.92 Å². The average molecular weight is 359 g/mol. The molecule has 1 aliphatic heterocycles. The molecule has 1 aliphatic carbocycles. The van der Waals surface area contributed by atoms with Gasteiger partial charge in [-0.3, -0.25) is 9.59 Å². The summed E-state index contributed by atoms with van der Waals surface area (Å²) in [5, 5.41) is 5.35. The second-order valence-electron chi connectivity index (χ2n) is 6.88. The molecule has 0 bridgehead atoms. The standard InChI is InChI=1S/C19H25N3O4/c1-26-19(25)14-7-8-16(22-9-2-3-10-22)15(11-14)21-18(24)17(23)20-12-13-5-4-6-13/h7-8,11,13H,2-6,9-10,12H2,1H3,(H,20,23)(H,21,24). The maximum Gasteiger partial charge on any atom is 0.337 e. The number of hydrogen-bond acceptors (Lipinski definition) is 5. The maximum atomic E-state index is 12.3. The maximum absolute atomic E-state index is 12.3. The van der Waals surface area contributed by atoms with E-state index in [-0.39, 0.29) is 0 Å². The van der Waals surface area contributed by atoms with Crippen LogP contribution in [0.5, 0.6) is 0 Å². The average Bonchev–Trinajstić information content (AvgIpc) is 3.13. The Labute approximate surface area is 153 Å². The van der Waals surface area contributed by atoms with Crippen LogP contribution in [0.4, 0.5) is 11.4 Å². The smallest absolute Gasteiger partial charge is 0.337 e. The van der Waals surface area contributed by atoms with E-state index >= 15 is 0 Å². The van der Waals surface area contributed by atoms with Crippen molar-refractivity contribution in [3.63, 3.8) is 0 Å². The largest absolute Gasteiger partial charge is 0.465 e. The van der Waals surface area contributed by atoms with Crippen LogP contribution < -0.4 is 15.5 Å². The van der Waals surface area contributed by atoms with Gasteiger partial charge >= 0.3 is 17.8 Å². The minimum atomic E-state index is -0.716. The summed E-state index contributed by atoms with van der Waals surface area (Å²) in [5.74, 6) is -1.36. The third-order valence-electron chi connectivity index (χ3n) is 5.09. The van der Waals surface area contributed by atoms with E-state index in [4.69, 9.17) is 4.74 Å². The van der Waals surface area contributed by atoms with E-state index in [1.54, 1.807) is 18.2 Å². The Morgan fingerprint density at radius 1 is 1.12 bits per heavy atom.